The highest BCUT2D eigenvalue weighted by Crippen LogP contribution is 2.23. The molecular weight excluding hydrogens is 294 g/mol. The first kappa shape index (κ1) is 15.7. The Bertz CT molecular complexity index is 649. The molecule has 0 saturated carbocycles. The molecule has 1 fully saturated rings. The Morgan fingerprint density at radius 1 is 1.35 bits per heavy atom. The lowest BCUT2D eigenvalue weighted by Crippen LogP contribution is -2.41. The molecule has 3 rings (SSSR count). The SMILES string of the molecule is COCCCNC(=O)C1CCN(c2ccnc3ccnn23)CC1. The highest BCUT2D eigenvalue weighted by Gasteiger charge is 2.25. The highest BCUT2D eigenvalue weighted by molar-refractivity contribution is 5.78. The van der Waals surface area contributed by atoms with Gasteiger partial charge in [0.05, 0.1) is 6.20 Å². The van der Waals surface area contributed by atoms with E-state index in [-0.39, 0.29) is 11.8 Å². The number of nitrogens with one attached hydrogen (secondary N) is 1. The zero-order chi connectivity index (χ0) is 16.1. The minimum absolute atomic E-state index is 0.101. The van der Waals surface area contributed by atoms with Crippen LogP contribution in [0.3, 0.4) is 0 Å². The number of carbonyl (C=O) groups is 1. The van der Waals surface area contributed by atoms with Crippen LogP contribution in [0.2, 0.25) is 0 Å². The van der Waals surface area contributed by atoms with E-state index in [0.29, 0.717) is 13.2 Å². The quantitative estimate of drug-likeness (QED) is 0.808. The lowest BCUT2D eigenvalue weighted by atomic mass is 9.96. The Morgan fingerprint density at radius 2 is 2.17 bits per heavy atom. The molecule has 23 heavy (non-hydrogen) atoms. The Balaban J connectivity index is 1.54. The van der Waals surface area contributed by atoms with Crippen molar-refractivity contribution >= 4 is 17.4 Å². The van der Waals surface area contributed by atoms with Crippen molar-refractivity contribution in [2.45, 2.75) is 19.3 Å². The minimum atomic E-state index is 0.101. The summed E-state index contributed by atoms with van der Waals surface area (Å²) in [6.45, 7) is 3.08. The Kier molecular flexibility index (Phi) is 5.07. The number of anilines is 1. The molecule has 1 N–H and O–H groups in total. The van der Waals surface area contributed by atoms with Crippen molar-refractivity contribution < 1.29 is 9.53 Å². The molecule has 0 radical (unpaired) electrons. The van der Waals surface area contributed by atoms with Gasteiger partial charge in [0.2, 0.25) is 5.91 Å². The smallest absolute Gasteiger partial charge is 0.223 e. The molecule has 0 atom stereocenters. The monoisotopic (exact) mass is 317 g/mol. The Labute approximate surface area is 135 Å². The van der Waals surface area contributed by atoms with E-state index in [9.17, 15) is 4.79 Å². The van der Waals surface area contributed by atoms with Gasteiger partial charge in [-0.2, -0.15) is 9.61 Å². The molecule has 0 unspecified atom stereocenters. The summed E-state index contributed by atoms with van der Waals surface area (Å²) in [5, 5.41) is 7.33. The van der Waals surface area contributed by atoms with Crippen molar-refractivity contribution in [3.63, 3.8) is 0 Å². The van der Waals surface area contributed by atoms with Gasteiger partial charge in [-0.15, -0.1) is 0 Å². The summed E-state index contributed by atoms with van der Waals surface area (Å²) in [6.07, 6.45) is 6.14. The number of aromatic nitrogens is 3. The van der Waals surface area contributed by atoms with E-state index in [4.69, 9.17) is 4.74 Å². The van der Waals surface area contributed by atoms with Crippen molar-refractivity contribution in [2.24, 2.45) is 5.92 Å². The van der Waals surface area contributed by atoms with Crippen LogP contribution in [0.25, 0.3) is 5.65 Å². The second kappa shape index (κ2) is 7.41. The summed E-state index contributed by atoms with van der Waals surface area (Å²) in [6, 6.07) is 3.87. The lowest BCUT2D eigenvalue weighted by Gasteiger charge is -2.32. The maximum Gasteiger partial charge on any atom is 0.223 e. The van der Waals surface area contributed by atoms with Crippen LogP contribution in [0.5, 0.6) is 0 Å². The third-order valence-electron chi connectivity index (χ3n) is 4.28. The second-order valence-corrected chi connectivity index (χ2v) is 5.80. The summed E-state index contributed by atoms with van der Waals surface area (Å²) in [7, 11) is 1.67. The highest BCUT2D eigenvalue weighted by atomic mass is 16.5. The molecule has 3 heterocycles. The molecule has 124 valence electrons. The van der Waals surface area contributed by atoms with Crippen molar-refractivity contribution in [1.29, 1.82) is 0 Å². The normalized spacial score (nSPS) is 16.0. The molecule has 2 aromatic rings. The predicted octanol–water partition coefficient (Wildman–Crippen LogP) is 1.10. The van der Waals surface area contributed by atoms with Crippen LogP contribution in [0, 0.1) is 5.92 Å². The van der Waals surface area contributed by atoms with E-state index in [1.807, 2.05) is 16.6 Å². The van der Waals surface area contributed by atoms with E-state index in [0.717, 1.165) is 43.8 Å². The third-order valence-corrected chi connectivity index (χ3v) is 4.28. The number of fused-ring (bicyclic) bond motifs is 1. The number of amides is 1. The molecule has 0 aliphatic carbocycles. The summed E-state index contributed by atoms with van der Waals surface area (Å²) >= 11 is 0. The average molecular weight is 317 g/mol. The van der Waals surface area contributed by atoms with E-state index in [1.165, 1.54) is 0 Å². The van der Waals surface area contributed by atoms with Gasteiger partial charge in [-0.25, -0.2) is 4.98 Å². The van der Waals surface area contributed by atoms with Crippen LogP contribution < -0.4 is 10.2 Å². The Hall–Kier alpha value is -2.15. The van der Waals surface area contributed by atoms with Crippen LogP contribution in [0.1, 0.15) is 19.3 Å². The number of nitrogens with zero attached hydrogens (tertiary/aromatic N) is 4. The van der Waals surface area contributed by atoms with Crippen molar-refractivity contribution in [2.75, 3.05) is 38.3 Å². The van der Waals surface area contributed by atoms with Gasteiger partial charge < -0.3 is 15.0 Å². The fourth-order valence-electron chi connectivity index (χ4n) is 3.00. The summed E-state index contributed by atoms with van der Waals surface area (Å²) in [4.78, 5) is 18.7. The van der Waals surface area contributed by atoms with E-state index >= 15 is 0 Å². The van der Waals surface area contributed by atoms with Crippen LogP contribution in [-0.2, 0) is 9.53 Å². The zero-order valence-electron chi connectivity index (χ0n) is 13.4. The summed E-state index contributed by atoms with van der Waals surface area (Å²) in [5.41, 5.74) is 0.848. The molecule has 0 bridgehead atoms. The summed E-state index contributed by atoms with van der Waals surface area (Å²) in [5.74, 6) is 1.31. The van der Waals surface area contributed by atoms with Crippen LogP contribution >= 0.6 is 0 Å². The lowest BCUT2D eigenvalue weighted by molar-refractivity contribution is -0.125. The average Bonchev–Trinajstić information content (AvgIpc) is 3.07. The number of rotatable bonds is 6. The zero-order valence-corrected chi connectivity index (χ0v) is 13.4. The topological polar surface area (TPSA) is 71.8 Å². The van der Waals surface area contributed by atoms with Gasteiger partial charge in [0.25, 0.3) is 0 Å². The maximum absolute atomic E-state index is 12.2. The maximum atomic E-state index is 12.2. The molecular formula is C16H23N5O2. The van der Waals surface area contributed by atoms with Crippen LogP contribution in [-0.4, -0.2) is 53.9 Å². The van der Waals surface area contributed by atoms with E-state index in [1.54, 1.807) is 19.5 Å². The standard InChI is InChI=1S/C16H23N5O2/c1-23-12-2-7-18-16(22)13-5-10-20(11-6-13)15-4-8-17-14-3-9-19-21(14)15/h3-4,8-9,13H,2,5-7,10-12H2,1H3,(H,18,22). The van der Waals surface area contributed by atoms with Crippen LogP contribution in [0.15, 0.2) is 24.5 Å². The third kappa shape index (κ3) is 3.61. The Morgan fingerprint density at radius 3 is 2.96 bits per heavy atom. The molecule has 1 amide bonds. The molecule has 7 heteroatoms. The van der Waals surface area contributed by atoms with E-state index < -0.39 is 0 Å². The van der Waals surface area contributed by atoms with Gasteiger partial charge in [-0.05, 0) is 25.3 Å². The second-order valence-electron chi connectivity index (χ2n) is 5.80. The number of hydrogen-bond donors (Lipinski definition) is 1. The molecule has 1 saturated heterocycles. The fraction of sp³-hybridized carbons (Fsp3) is 0.562. The number of methoxy groups -OCH3 is 1. The molecule has 1 aliphatic heterocycles. The van der Waals surface area contributed by atoms with E-state index in [2.05, 4.69) is 20.3 Å². The fourth-order valence-corrected chi connectivity index (χ4v) is 3.00. The van der Waals surface area contributed by atoms with Gasteiger partial charge in [-0.1, -0.05) is 0 Å². The number of hydrogen-bond acceptors (Lipinski definition) is 5. The minimum Gasteiger partial charge on any atom is -0.385 e. The first-order valence-corrected chi connectivity index (χ1v) is 8.10. The molecule has 2 aromatic heterocycles. The van der Waals surface area contributed by atoms with Gasteiger partial charge in [0, 0.05) is 51.5 Å². The largest absolute Gasteiger partial charge is 0.385 e. The van der Waals surface area contributed by atoms with Crippen LogP contribution in [0.4, 0.5) is 5.82 Å². The van der Waals surface area contributed by atoms with Crippen molar-refractivity contribution in [3.8, 4) is 0 Å². The van der Waals surface area contributed by atoms with Gasteiger partial charge in [-0.3, -0.25) is 4.79 Å². The van der Waals surface area contributed by atoms with Gasteiger partial charge >= 0.3 is 0 Å². The van der Waals surface area contributed by atoms with Crippen molar-refractivity contribution in [3.05, 3.63) is 24.5 Å². The number of ether oxygens (including phenoxy) is 1. The first-order valence-electron chi connectivity index (χ1n) is 8.10. The summed E-state index contributed by atoms with van der Waals surface area (Å²) < 4.78 is 6.84. The first-order chi connectivity index (χ1) is 11.3. The van der Waals surface area contributed by atoms with Gasteiger partial charge in [0.15, 0.2) is 5.65 Å². The molecule has 7 nitrogen and oxygen atoms in total. The number of carbonyl (C=O) groups excluding carboxylic acids is 1. The van der Waals surface area contributed by atoms with Crippen molar-refractivity contribution in [1.82, 2.24) is 19.9 Å². The molecule has 1 aliphatic rings. The van der Waals surface area contributed by atoms with Gasteiger partial charge in [0.1, 0.15) is 5.82 Å². The number of piperidine rings is 1. The predicted molar refractivity (Wildman–Crippen MR) is 87.4 cm³/mol. The molecule has 0 spiro atoms. The molecule has 0 aromatic carbocycles.